The van der Waals surface area contributed by atoms with Crippen LogP contribution in [-0.2, 0) is 23.9 Å². The van der Waals surface area contributed by atoms with Crippen LogP contribution in [0.2, 0.25) is 0 Å². The van der Waals surface area contributed by atoms with E-state index in [1.807, 2.05) is 14.1 Å². The van der Waals surface area contributed by atoms with Crippen LogP contribution in [-0.4, -0.2) is 86.6 Å². The van der Waals surface area contributed by atoms with Gasteiger partial charge in [-0.25, -0.2) is 0 Å². The van der Waals surface area contributed by atoms with Gasteiger partial charge in [-0.15, -0.1) is 0 Å². The molecule has 0 aliphatic rings. The van der Waals surface area contributed by atoms with Crippen molar-refractivity contribution in [2.24, 2.45) is 0 Å². The fraction of sp³-hybridized carbons (Fsp3) is 0.759. The quantitative estimate of drug-likeness (QED) is 0.0608. The molecule has 0 spiro atoms. The Morgan fingerprint density at radius 2 is 1.46 bits per heavy atom. The number of rotatable bonds is 26. The zero-order valence-corrected chi connectivity index (χ0v) is 24.5. The number of carbonyl (C=O) groups excluding carboxylic acids is 3. The molecule has 1 amide bonds. The van der Waals surface area contributed by atoms with E-state index in [-0.39, 0.29) is 25.1 Å². The maximum absolute atomic E-state index is 12.5. The van der Waals surface area contributed by atoms with Gasteiger partial charge in [0, 0.05) is 18.7 Å². The molecule has 0 unspecified atom stereocenters. The van der Waals surface area contributed by atoms with E-state index in [0.717, 1.165) is 44.4 Å². The molecular formula is C29H52N2O5S. The van der Waals surface area contributed by atoms with Gasteiger partial charge in [0.05, 0.1) is 18.8 Å². The number of nitrogens with zero attached hydrogens (tertiary/aromatic N) is 2. The van der Waals surface area contributed by atoms with Crippen molar-refractivity contribution >= 4 is 30.1 Å². The maximum atomic E-state index is 12.5. The molecule has 0 aromatic heterocycles. The number of ether oxygens (including phenoxy) is 2. The molecule has 0 radical (unpaired) electrons. The predicted molar refractivity (Wildman–Crippen MR) is 155 cm³/mol. The SMILES string of the molecule is CCCCC/C=C\C/C=C\CCCCCCCC(=O)OCCN(CCOC=O)C(=O)CSCCN(C)C. The average Bonchev–Trinajstić information content (AvgIpc) is 2.87. The summed E-state index contributed by atoms with van der Waals surface area (Å²) in [5.74, 6) is 0.958. The van der Waals surface area contributed by atoms with Crippen LogP contribution in [0, 0.1) is 0 Å². The van der Waals surface area contributed by atoms with Crippen LogP contribution in [0.15, 0.2) is 24.3 Å². The number of thioether (sulfide) groups is 1. The molecule has 0 aromatic carbocycles. The fourth-order valence-electron chi connectivity index (χ4n) is 3.49. The Bertz CT molecular complexity index is 625. The van der Waals surface area contributed by atoms with E-state index >= 15 is 0 Å². The summed E-state index contributed by atoms with van der Waals surface area (Å²) in [5.41, 5.74) is 0. The average molecular weight is 541 g/mol. The Morgan fingerprint density at radius 3 is 2.14 bits per heavy atom. The van der Waals surface area contributed by atoms with Gasteiger partial charge >= 0.3 is 5.97 Å². The summed E-state index contributed by atoms with van der Waals surface area (Å²) in [7, 11) is 3.99. The lowest BCUT2D eigenvalue weighted by atomic mass is 10.1. The first-order chi connectivity index (χ1) is 18.0. The minimum Gasteiger partial charge on any atom is -0.466 e. The van der Waals surface area contributed by atoms with Gasteiger partial charge in [0.1, 0.15) is 13.2 Å². The molecule has 0 aromatic rings. The van der Waals surface area contributed by atoms with Crippen LogP contribution >= 0.6 is 11.8 Å². The molecule has 0 rings (SSSR count). The van der Waals surface area contributed by atoms with E-state index in [9.17, 15) is 14.4 Å². The Hall–Kier alpha value is -1.80. The summed E-state index contributed by atoms with van der Waals surface area (Å²) in [4.78, 5) is 38.6. The van der Waals surface area contributed by atoms with Crippen molar-refractivity contribution < 1.29 is 23.9 Å². The number of unbranched alkanes of at least 4 members (excludes halogenated alkanes) is 8. The lowest BCUT2D eigenvalue weighted by Gasteiger charge is -2.22. The monoisotopic (exact) mass is 540 g/mol. The Morgan fingerprint density at radius 1 is 0.811 bits per heavy atom. The molecule has 0 atom stereocenters. The van der Waals surface area contributed by atoms with Crippen LogP contribution in [0.4, 0.5) is 0 Å². The number of amides is 1. The highest BCUT2D eigenvalue weighted by atomic mass is 32.2. The second-order valence-electron chi connectivity index (χ2n) is 9.40. The van der Waals surface area contributed by atoms with Gasteiger partial charge in [0.2, 0.25) is 5.91 Å². The van der Waals surface area contributed by atoms with Gasteiger partial charge in [-0.05, 0) is 52.6 Å². The number of esters is 1. The van der Waals surface area contributed by atoms with E-state index in [1.54, 1.807) is 16.7 Å². The van der Waals surface area contributed by atoms with Gasteiger partial charge < -0.3 is 19.3 Å². The summed E-state index contributed by atoms with van der Waals surface area (Å²) < 4.78 is 10.1. The van der Waals surface area contributed by atoms with Crippen molar-refractivity contribution in [2.75, 3.05) is 58.4 Å². The Balaban J connectivity index is 3.85. The van der Waals surface area contributed by atoms with E-state index < -0.39 is 0 Å². The molecule has 0 N–H and O–H groups in total. The number of carbonyl (C=O) groups is 3. The molecule has 37 heavy (non-hydrogen) atoms. The van der Waals surface area contributed by atoms with Crippen molar-refractivity contribution in [1.29, 1.82) is 0 Å². The minimum atomic E-state index is -0.220. The third-order valence-corrected chi connectivity index (χ3v) is 6.69. The summed E-state index contributed by atoms with van der Waals surface area (Å²) >= 11 is 1.57. The van der Waals surface area contributed by atoms with Crippen molar-refractivity contribution in [3.63, 3.8) is 0 Å². The standard InChI is InChI=1S/C29H52N2O5S/c1-4-5-6-7-8-9-10-11-12-13-14-15-16-17-18-19-29(34)36-24-21-31(20-23-35-27-32)28(33)26-37-25-22-30(2)3/h8-9,11-12,27H,4-7,10,13-26H2,1-3H3/b9-8-,12-11-. The normalized spacial score (nSPS) is 11.5. The summed E-state index contributed by atoms with van der Waals surface area (Å²) in [5, 5.41) is 0. The molecule has 0 bridgehead atoms. The lowest BCUT2D eigenvalue weighted by molar-refractivity contribution is -0.145. The van der Waals surface area contributed by atoms with Gasteiger partial charge in [-0.2, -0.15) is 11.8 Å². The first-order valence-electron chi connectivity index (χ1n) is 14.0. The van der Waals surface area contributed by atoms with Crippen molar-refractivity contribution in [3.8, 4) is 0 Å². The topological polar surface area (TPSA) is 76.1 Å². The van der Waals surface area contributed by atoms with Crippen molar-refractivity contribution in [1.82, 2.24) is 9.80 Å². The molecule has 0 fully saturated rings. The van der Waals surface area contributed by atoms with E-state index in [1.165, 1.54) is 38.5 Å². The van der Waals surface area contributed by atoms with Gasteiger partial charge in [-0.1, -0.05) is 63.3 Å². The molecular weight excluding hydrogens is 488 g/mol. The molecule has 7 nitrogen and oxygen atoms in total. The fourth-order valence-corrected chi connectivity index (χ4v) is 4.49. The summed E-state index contributed by atoms with van der Waals surface area (Å²) in [6, 6.07) is 0. The van der Waals surface area contributed by atoms with Gasteiger partial charge in [-0.3, -0.25) is 14.4 Å². The van der Waals surface area contributed by atoms with Crippen LogP contribution < -0.4 is 0 Å². The van der Waals surface area contributed by atoms with Gasteiger partial charge in [0.25, 0.3) is 6.47 Å². The Kier molecular flexibility index (Phi) is 25.9. The lowest BCUT2D eigenvalue weighted by Crippen LogP contribution is -2.38. The third-order valence-electron chi connectivity index (χ3n) is 5.76. The molecule has 0 heterocycles. The summed E-state index contributed by atoms with van der Waals surface area (Å²) in [6.07, 6.45) is 22.1. The van der Waals surface area contributed by atoms with Crippen LogP contribution in [0.5, 0.6) is 0 Å². The summed E-state index contributed by atoms with van der Waals surface area (Å²) in [6.45, 7) is 4.41. The van der Waals surface area contributed by atoms with Gasteiger partial charge in [0.15, 0.2) is 0 Å². The molecule has 214 valence electrons. The molecule has 0 saturated carbocycles. The maximum Gasteiger partial charge on any atom is 0.305 e. The third kappa shape index (κ3) is 25.6. The van der Waals surface area contributed by atoms with Crippen molar-refractivity contribution in [3.05, 3.63) is 24.3 Å². The Labute approximate surface area is 230 Å². The van der Waals surface area contributed by atoms with Crippen LogP contribution in [0.1, 0.15) is 84.0 Å². The largest absolute Gasteiger partial charge is 0.466 e. The highest BCUT2D eigenvalue weighted by molar-refractivity contribution is 7.99. The van der Waals surface area contributed by atoms with E-state index in [0.29, 0.717) is 31.7 Å². The number of hydrogen-bond donors (Lipinski definition) is 0. The van der Waals surface area contributed by atoms with E-state index in [2.05, 4.69) is 36.1 Å². The molecule has 8 heteroatoms. The highest BCUT2D eigenvalue weighted by Crippen LogP contribution is 2.09. The highest BCUT2D eigenvalue weighted by Gasteiger charge is 2.14. The molecule has 0 aliphatic heterocycles. The second-order valence-corrected chi connectivity index (χ2v) is 10.5. The first kappa shape index (κ1) is 35.2. The number of allylic oxidation sites excluding steroid dienone is 4. The number of hydrogen-bond acceptors (Lipinski definition) is 7. The second kappa shape index (κ2) is 27.2. The smallest absolute Gasteiger partial charge is 0.305 e. The molecule has 0 saturated heterocycles. The first-order valence-corrected chi connectivity index (χ1v) is 15.2. The minimum absolute atomic E-state index is 0.0389. The predicted octanol–water partition coefficient (Wildman–Crippen LogP) is 5.64. The zero-order valence-electron chi connectivity index (χ0n) is 23.7. The van der Waals surface area contributed by atoms with Crippen LogP contribution in [0.3, 0.4) is 0 Å². The zero-order chi connectivity index (χ0) is 27.4. The molecule has 0 aliphatic carbocycles. The van der Waals surface area contributed by atoms with Crippen LogP contribution in [0.25, 0.3) is 0 Å². The van der Waals surface area contributed by atoms with Crippen molar-refractivity contribution in [2.45, 2.75) is 84.0 Å². The van der Waals surface area contributed by atoms with E-state index in [4.69, 9.17) is 9.47 Å².